The molecule has 0 fully saturated rings. The van der Waals surface area contributed by atoms with E-state index in [0.29, 0.717) is 11.3 Å². The number of anilines is 1. The Bertz CT molecular complexity index is 1130. The number of rotatable bonds is 8. The molecule has 0 spiro atoms. The molecule has 3 aromatic rings. The van der Waals surface area contributed by atoms with Gasteiger partial charge in [-0.25, -0.2) is 4.79 Å². The first-order valence-corrected chi connectivity index (χ1v) is 10.4. The van der Waals surface area contributed by atoms with Gasteiger partial charge >= 0.3 is 6.09 Å². The quantitative estimate of drug-likeness (QED) is 0.385. The summed E-state index contributed by atoms with van der Waals surface area (Å²) in [5.74, 6) is -0.419. The summed E-state index contributed by atoms with van der Waals surface area (Å²) >= 11 is 0. The van der Waals surface area contributed by atoms with Crippen molar-refractivity contribution in [2.75, 3.05) is 5.32 Å². The van der Waals surface area contributed by atoms with E-state index in [-0.39, 0.29) is 18.7 Å². The second kappa shape index (κ2) is 10.9. The van der Waals surface area contributed by atoms with Crippen LogP contribution < -0.4 is 10.6 Å². The molecule has 0 radical (unpaired) electrons. The van der Waals surface area contributed by atoms with Crippen LogP contribution in [0, 0.1) is 24.0 Å². The fraction of sp³-hybridized carbons (Fsp3) is 0.200. The molecule has 2 N–H and O–H groups in total. The first-order chi connectivity index (χ1) is 15.8. The predicted molar refractivity (Wildman–Crippen MR) is 125 cm³/mol. The number of hydrogen-bond donors (Lipinski definition) is 2. The average Bonchev–Trinajstić information content (AvgIpc) is 2.80. The molecule has 0 aliphatic rings. The topological polar surface area (TPSA) is 111 Å². The van der Waals surface area contributed by atoms with Gasteiger partial charge in [-0.05, 0) is 36.6 Å². The summed E-state index contributed by atoms with van der Waals surface area (Å²) < 4.78 is 5.27. The minimum absolute atomic E-state index is 0.0507. The van der Waals surface area contributed by atoms with E-state index >= 15 is 0 Å². The molecule has 2 amide bonds. The Balaban J connectivity index is 1.73. The lowest BCUT2D eigenvalue weighted by molar-refractivity contribution is -0.384. The smallest absolute Gasteiger partial charge is 0.408 e. The standard InChI is InChI=1S/C25H25N3O5/c1-17-8-13-22(18(2)14-17)26-24(29)23(15-19-9-11-21(12-10-19)28(31)32)27-25(30)33-16-20-6-4-3-5-7-20/h3-14,23H,15-16H2,1-2H3,(H,26,29)(H,27,30)/t23-/m1/s1. The van der Waals surface area contributed by atoms with Crippen LogP contribution in [0.5, 0.6) is 0 Å². The van der Waals surface area contributed by atoms with Gasteiger partial charge in [0.25, 0.3) is 5.69 Å². The maximum Gasteiger partial charge on any atom is 0.408 e. The van der Waals surface area contributed by atoms with Crippen LogP contribution in [0.1, 0.15) is 22.3 Å². The summed E-state index contributed by atoms with van der Waals surface area (Å²) in [4.78, 5) is 35.9. The van der Waals surface area contributed by atoms with Gasteiger partial charge in [-0.15, -0.1) is 0 Å². The Morgan fingerprint density at radius 3 is 2.30 bits per heavy atom. The zero-order valence-electron chi connectivity index (χ0n) is 18.4. The molecule has 3 rings (SSSR count). The average molecular weight is 447 g/mol. The van der Waals surface area contributed by atoms with E-state index in [1.54, 1.807) is 18.2 Å². The second-order valence-electron chi connectivity index (χ2n) is 7.69. The van der Waals surface area contributed by atoms with Crippen molar-refractivity contribution in [2.45, 2.75) is 32.9 Å². The highest BCUT2D eigenvalue weighted by atomic mass is 16.6. The number of aryl methyl sites for hydroxylation is 2. The normalized spacial score (nSPS) is 11.3. The third-order valence-corrected chi connectivity index (χ3v) is 5.05. The lowest BCUT2D eigenvalue weighted by Gasteiger charge is -2.19. The Morgan fingerprint density at radius 2 is 1.67 bits per heavy atom. The molecule has 0 unspecified atom stereocenters. The monoisotopic (exact) mass is 447 g/mol. The van der Waals surface area contributed by atoms with Crippen LogP contribution in [0.25, 0.3) is 0 Å². The largest absolute Gasteiger partial charge is 0.445 e. The number of benzene rings is 3. The highest BCUT2D eigenvalue weighted by molar-refractivity contribution is 5.97. The molecule has 170 valence electrons. The number of carbonyl (C=O) groups excluding carboxylic acids is 2. The van der Waals surface area contributed by atoms with Crippen molar-refractivity contribution in [1.82, 2.24) is 5.32 Å². The summed E-state index contributed by atoms with van der Waals surface area (Å²) in [6.07, 6.45) is -0.601. The summed E-state index contributed by atoms with van der Waals surface area (Å²) in [6, 6.07) is 19.7. The second-order valence-corrected chi connectivity index (χ2v) is 7.69. The Labute approximate surface area is 191 Å². The minimum atomic E-state index is -0.949. The minimum Gasteiger partial charge on any atom is -0.445 e. The third-order valence-electron chi connectivity index (χ3n) is 5.05. The third kappa shape index (κ3) is 6.90. The number of carbonyl (C=O) groups is 2. The zero-order chi connectivity index (χ0) is 23.8. The molecule has 3 aromatic carbocycles. The number of ether oxygens (including phenoxy) is 1. The van der Waals surface area contributed by atoms with Gasteiger partial charge in [-0.3, -0.25) is 14.9 Å². The number of non-ortho nitro benzene ring substituents is 1. The number of amides is 2. The van der Waals surface area contributed by atoms with Crippen LogP contribution in [0.2, 0.25) is 0 Å². The Hall–Kier alpha value is -4.20. The number of nitro benzene ring substituents is 1. The molecule has 1 atom stereocenters. The zero-order valence-corrected chi connectivity index (χ0v) is 18.4. The van der Waals surface area contributed by atoms with Crippen LogP contribution in [-0.2, 0) is 22.6 Å². The van der Waals surface area contributed by atoms with Gasteiger partial charge in [0, 0.05) is 24.2 Å². The first-order valence-electron chi connectivity index (χ1n) is 10.4. The number of nitro groups is 1. The molecule has 8 nitrogen and oxygen atoms in total. The van der Waals surface area contributed by atoms with Gasteiger partial charge in [0.1, 0.15) is 12.6 Å². The molecule has 8 heteroatoms. The van der Waals surface area contributed by atoms with E-state index in [9.17, 15) is 19.7 Å². The predicted octanol–water partition coefficient (Wildman–Crippen LogP) is 4.69. The molecule has 0 saturated heterocycles. The number of hydrogen-bond acceptors (Lipinski definition) is 5. The molecule has 33 heavy (non-hydrogen) atoms. The van der Waals surface area contributed by atoms with Gasteiger partial charge in [0.2, 0.25) is 5.91 Å². The van der Waals surface area contributed by atoms with E-state index < -0.39 is 23.0 Å². The maximum absolute atomic E-state index is 13.0. The molecule has 0 aliphatic heterocycles. The van der Waals surface area contributed by atoms with Crippen molar-refractivity contribution in [3.63, 3.8) is 0 Å². The van der Waals surface area contributed by atoms with Crippen LogP contribution in [0.4, 0.5) is 16.2 Å². The van der Waals surface area contributed by atoms with Crippen molar-refractivity contribution in [3.05, 3.63) is 105 Å². The van der Waals surface area contributed by atoms with Gasteiger partial charge in [-0.1, -0.05) is 60.2 Å². The van der Waals surface area contributed by atoms with Crippen molar-refractivity contribution in [3.8, 4) is 0 Å². The Morgan fingerprint density at radius 1 is 0.970 bits per heavy atom. The lowest BCUT2D eigenvalue weighted by Crippen LogP contribution is -2.45. The summed E-state index contributed by atoms with van der Waals surface area (Å²) in [5, 5.41) is 16.4. The molecule has 0 heterocycles. The highest BCUT2D eigenvalue weighted by Gasteiger charge is 2.23. The van der Waals surface area contributed by atoms with Gasteiger partial charge in [0.15, 0.2) is 0 Å². The molecule has 0 aliphatic carbocycles. The van der Waals surface area contributed by atoms with Gasteiger partial charge in [-0.2, -0.15) is 0 Å². The molecular weight excluding hydrogens is 422 g/mol. The van der Waals surface area contributed by atoms with Crippen molar-refractivity contribution >= 4 is 23.4 Å². The number of nitrogens with zero attached hydrogens (tertiary/aromatic N) is 1. The van der Waals surface area contributed by atoms with Crippen LogP contribution in [-0.4, -0.2) is 23.0 Å². The number of alkyl carbamates (subject to hydrolysis) is 1. The van der Waals surface area contributed by atoms with Gasteiger partial charge in [0.05, 0.1) is 4.92 Å². The molecular formula is C25H25N3O5. The SMILES string of the molecule is Cc1ccc(NC(=O)[C@@H](Cc2ccc([N+](=O)[O-])cc2)NC(=O)OCc2ccccc2)c(C)c1. The summed E-state index contributed by atoms with van der Waals surface area (Å²) in [6.45, 7) is 3.91. The van der Waals surface area contributed by atoms with E-state index in [0.717, 1.165) is 16.7 Å². The number of nitrogens with one attached hydrogen (secondary N) is 2. The van der Waals surface area contributed by atoms with E-state index in [1.165, 1.54) is 12.1 Å². The summed E-state index contributed by atoms with van der Waals surface area (Å²) in [7, 11) is 0. The molecule has 0 aromatic heterocycles. The highest BCUT2D eigenvalue weighted by Crippen LogP contribution is 2.18. The van der Waals surface area contributed by atoms with Gasteiger partial charge < -0.3 is 15.4 Å². The van der Waals surface area contributed by atoms with E-state index in [4.69, 9.17) is 4.74 Å². The molecule has 0 bridgehead atoms. The van der Waals surface area contributed by atoms with Crippen LogP contribution >= 0.6 is 0 Å². The van der Waals surface area contributed by atoms with Crippen molar-refractivity contribution < 1.29 is 19.2 Å². The van der Waals surface area contributed by atoms with E-state index in [1.807, 2.05) is 56.3 Å². The Kier molecular flexibility index (Phi) is 7.75. The fourth-order valence-electron chi connectivity index (χ4n) is 3.28. The van der Waals surface area contributed by atoms with Crippen molar-refractivity contribution in [2.24, 2.45) is 0 Å². The maximum atomic E-state index is 13.0. The van der Waals surface area contributed by atoms with E-state index in [2.05, 4.69) is 10.6 Å². The summed E-state index contributed by atoms with van der Waals surface area (Å²) in [5.41, 5.74) is 4.02. The van der Waals surface area contributed by atoms with Crippen LogP contribution in [0.15, 0.2) is 72.8 Å². The first kappa shape index (κ1) is 23.5. The van der Waals surface area contributed by atoms with Crippen LogP contribution in [0.3, 0.4) is 0 Å². The fourth-order valence-corrected chi connectivity index (χ4v) is 3.28. The molecule has 0 saturated carbocycles. The lowest BCUT2D eigenvalue weighted by atomic mass is 10.0. The van der Waals surface area contributed by atoms with Crippen molar-refractivity contribution in [1.29, 1.82) is 0 Å².